The van der Waals surface area contributed by atoms with E-state index in [2.05, 4.69) is 20.5 Å². The van der Waals surface area contributed by atoms with Gasteiger partial charge in [0, 0.05) is 11.8 Å². The molecule has 3 aromatic rings. The van der Waals surface area contributed by atoms with Gasteiger partial charge in [-0.2, -0.15) is 5.10 Å². The number of benzene rings is 1. The van der Waals surface area contributed by atoms with Crippen molar-refractivity contribution in [3.63, 3.8) is 0 Å². The first-order valence-corrected chi connectivity index (χ1v) is 7.81. The number of Topliss-reactive ketones (excluding diaryl/α,β-unsaturated/α-hetero) is 1. The highest BCUT2D eigenvalue weighted by Crippen LogP contribution is 2.30. The smallest absolute Gasteiger partial charge is 0.278 e. The van der Waals surface area contributed by atoms with Crippen LogP contribution in [0.4, 0.5) is 5.13 Å². The van der Waals surface area contributed by atoms with Crippen molar-refractivity contribution in [2.75, 3.05) is 5.32 Å². The summed E-state index contributed by atoms with van der Waals surface area (Å²) in [6, 6.07) is 7.43. The first kappa shape index (κ1) is 13.1. The number of fused-ring (bicyclic) bond motifs is 2. The molecule has 2 N–H and O–H groups in total. The molecule has 7 heteroatoms. The zero-order valence-electron chi connectivity index (χ0n) is 11.5. The van der Waals surface area contributed by atoms with Crippen molar-refractivity contribution in [1.82, 2.24) is 15.2 Å². The van der Waals surface area contributed by atoms with E-state index < -0.39 is 0 Å². The SMILES string of the molecule is O=C1CCCc2nc(NC(=O)c3n[nH]c4ccccc34)sc21. The number of hydrogen-bond acceptors (Lipinski definition) is 5. The van der Waals surface area contributed by atoms with E-state index >= 15 is 0 Å². The standard InChI is InChI=1S/C15H12N4O2S/c20-11-7-3-6-10-13(11)22-15(16-10)17-14(21)12-8-4-1-2-5-9(8)18-19-12/h1-2,4-5H,3,6-7H2,(H,18,19)(H,16,17,21). The number of amides is 1. The Kier molecular flexibility index (Phi) is 3.00. The Morgan fingerprint density at radius 1 is 1.27 bits per heavy atom. The van der Waals surface area contributed by atoms with Crippen LogP contribution in [0.5, 0.6) is 0 Å². The Morgan fingerprint density at radius 3 is 3.00 bits per heavy atom. The summed E-state index contributed by atoms with van der Waals surface area (Å²) in [5, 5.41) is 10.9. The molecule has 0 spiro atoms. The molecule has 1 aliphatic rings. The summed E-state index contributed by atoms with van der Waals surface area (Å²) in [4.78, 5) is 29.2. The number of H-pyrrole nitrogens is 1. The second-order valence-corrected chi connectivity index (χ2v) is 6.14. The van der Waals surface area contributed by atoms with Gasteiger partial charge in [0.05, 0.1) is 16.1 Å². The molecule has 0 fully saturated rings. The van der Waals surface area contributed by atoms with E-state index in [4.69, 9.17) is 0 Å². The fraction of sp³-hybridized carbons (Fsp3) is 0.200. The van der Waals surface area contributed by atoms with Crippen LogP contribution in [0.2, 0.25) is 0 Å². The lowest BCUT2D eigenvalue weighted by Gasteiger charge is -2.05. The highest BCUT2D eigenvalue weighted by Gasteiger charge is 2.23. The molecule has 110 valence electrons. The maximum absolute atomic E-state index is 12.4. The molecule has 1 amide bonds. The van der Waals surface area contributed by atoms with Gasteiger partial charge in [-0.25, -0.2) is 4.98 Å². The van der Waals surface area contributed by atoms with Crippen LogP contribution in [-0.4, -0.2) is 26.9 Å². The molecule has 1 aromatic carbocycles. The predicted molar refractivity (Wildman–Crippen MR) is 83.4 cm³/mol. The predicted octanol–water partition coefficient (Wildman–Crippen LogP) is 2.79. The minimum absolute atomic E-state index is 0.115. The second kappa shape index (κ2) is 5.03. The van der Waals surface area contributed by atoms with Crippen LogP contribution in [-0.2, 0) is 6.42 Å². The van der Waals surface area contributed by atoms with Gasteiger partial charge in [-0.15, -0.1) is 0 Å². The molecule has 0 unspecified atom stereocenters. The Bertz CT molecular complexity index is 896. The first-order valence-electron chi connectivity index (χ1n) is 7.00. The average molecular weight is 312 g/mol. The molecule has 2 aromatic heterocycles. The molecule has 22 heavy (non-hydrogen) atoms. The van der Waals surface area contributed by atoms with Crippen LogP contribution >= 0.6 is 11.3 Å². The van der Waals surface area contributed by atoms with E-state index in [-0.39, 0.29) is 11.7 Å². The van der Waals surface area contributed by atoms with Gasteiger partial charge >= 0.3 is 0 Å². The third-order valence-electron chi connectivity index (χ3n) is 3.67. The summed E-state index contributed by atoms with van der Waals surface area (Å²) in [5.74, 6) is -0.208. The zero-order chi connectivity index (χ0) is 15.1. The van der Waals surface area contributed by atoms with Gasteiger partial charge in [0.25, 0.3) is 5.91 Å². The van der Waals surface area contributed by atoms with E-state index in [1.165, 1.54) is 11.3 Å². The van der Waals surface area contributed by atoms with Gasteiger partial charge in [0.1, 0.15) is 0 Å². The number of rotatable bonds is 2. The topological polar surface area (TPSA) is 87.7 Å². The Hall–Kier alpha value is -2.54. The summed E-state index contributed by atoms with van der Waals surface area (Å²) in [5.41, 5.74) is 1.93. The van der Waals surface area contributed by atoms with Crippen LogP contribution < -0.4 is 5.32 Å². The molecular formula is C15H12N4O2S. The number of nitrogens with zero attached hydrogens (tertiary/aromatic N) is 2. The number of para-hydroxylation sites is 1. The summed E-state index contributed by atoms with van der Waals surface area (Å²) in [6.45, 7) is 0. The summed E-state index contributed by atoms with van der Waals surface area (Å²) in [7, 11) is 0. The highest BCUT2D eigenvalue weighted by molar-refractivity contribution is 7.17. The van der Waals surface area contributed by atoms with Crippen molar-refractivity contribution in [3.05, 3.63) is 40.5 Å². The third-order valence-corrected chi connectivity index (χ3v) is 4.73. The van der Waals surface area contributed by atoms with Crippen LogP contribution in [0, 0.1) is 0 Å². The maximum Gasteiger partial charge on any atom is 0.278 e. The van der Waals surface area contributed by atoms with Gasteiger partial charge in [0.2, 0.25) is 0 Å². The van der Waals surface area contributed by atoms with E-state index in [0.29, 0.717) is 22.1 Å². The number of nitrogens with one attached hydrogen (secondary N) is 2. The lowest BCUT2D eigenvalue weighted by molar-refractivity contribution is 0.0975. The van der Waals surface area contributed by atoms with E-state index in [0.717, 1.165) is 29.4 Å². The molecule has 0 saturated carbocycles. The summed E-state index contributed by atoms with van der Waals surface area (Å²) < 4.78 is 0. The van der Waals surface area contributed by atoms with Gasteiger partial charge in [0.15, 0.2) is 16.6 Å². The maximum atomic E-state index is 12.4. The molecule has 0 aliphatic heterocycles. The molecule has 0 atom stereocenters. The molecular weight excluding hydrogens is 300 g/mol. The van der Waals surface area contributed by atoms with Gasteiger partial charge in [-0.1, -0.05) is 29.5 Å². The number of aryl methyl sites for hydroxylation is 1. The lowest BCUT2D eigenvalue weighted by atomic mass is 10.0. The fourth-order valence-corrected chi connectivity index (χ4v) is 3.59. The summed E-state index contributed by atoms with van der Waals surface area (Å²) in [6.07, 6.45) is 2.18. The van der Waals surface area contributed by atoms with E-state index in [1.807, 2.05) is 24.3 Å². The number of aromatic nitrogens is 3. The molecule has 0 radical (unpaired) electrons. The number of hydrogen-bond donors (Lipinski definition) is 2. The molecule has 4 rings (SSSR count). The highest BCUT2D eigenvalue weighted by atomic mass is 32.1. The van der Waals surface area contributed by atoms with Crippen LogP contribution in [0.1, 0.15) is 38.7 Å². The van der Waals surface area contributed by atoms with E-state index in [9.17, 15) is 9.59 Å². The number of carbonyl (C=O) groups excluding carboxylic acids is 2. The van der Waals surface area contributed by atoms with Crippen molar-refractivity contribution >= 4 is 39.1 Å². The van der Waals surface area contributed by atoms with Crippen molar-refractivity contribution in [3.8, 4) is 0 Å². The van der Waals surface area contributed by atoms with Crippen LogP contribution in [0.15, 0.2) is 24.3 Å². The molecule has 2 heterocycles. The van der Waals surface area contributed by atoms with Crippen molar-refractivity contribution in [2.45, 2.75) is 19.3 Å². The van der Waals surface area contributed by atoms with E-state index in [1.54, 1.807) is 0 Å². The number of aromatic amines is 1. The molecule has 6 nitrogen and oxygen atoms in total. The number of carbonyl (C=O) groups is 2. The van der Waals surface area contributed by atoms with Crippen molar-refractivity contribution in [1.29, 1.82) is 0 Å². The quantitative estimate of drug-likeness (QED) is 0.761. The zero-order valence-corrected chi connectivity index (χ0v) is 12.4. The van der Waals surface area contributed by atoms with Crippen molar-refractivity contribution < 1.29 is 9.59 Å². The molecule has 0 bridgehead atoms. The van der Waals surface area contributed by atoms with Gasteiger partial charge in [-0.3, -0.25) is 20.0 Å². The van der Waals surface area contributed by atoms with Crippen LogP contribution in [0.25, 0.3) is 10.9 Å². The van der Waals surface area contributed by atoms with Gasteiger partial charge < -0.3 is 0 Å². The monoisotopic (exact) mass is 312 g/mol. The third kappa shape index (κ3) is 2.10. The number of anilines is 1. The van der Waals surface area contributed by atoms with Crippen LogP contribution in [0.3, 0.4) is 0 Å². The number of ketones is 1. The Balaban J connectivity index is 1.64. The summed E-state index contributed by atoms with van der Waals surface area (Å²) >= 11 is 1.24. The average Bonchev–Trinajstić information content (AvgIpc) is 3.11. The Morgan fingerprint density at radius 2 is 2.14 bits per heavy atom. The minimum Gasteiger partial charge on any atom is -0.296 e. The molecule has 0 saturated heterocycles. The normalized spacial score (nSPS) is 14.1. The van der Waals surface area contributed by atoms with Gasteiger partial charge in [-0.05, 0) is 18.9 Å². The second-order valence-electron chi connectivity index (χ2n) is 5.14. The minimum atomic E-state index is -0.323. The Labute approximate surface area is 129 Å². The fourth-order valence-electron chi connectivity index (χ4n) is 2.62. The van der Waals surface area contributed by atoms with Crippen molar-refractivity contribution in [2.24, 2.45) is 0 Å². The first-order chi connectivity index (χ1) is 10.7. The largest absolute Gasteiger partial charge is 0.296 e. The number of thiazole rings is 1. The molecule has 1 aliphatic carbocycles. The lowest BCUT2D eigenvalue weighted by Crippen LogP contribution is -2.12.